The summed E-state index contributed by atoms with van der Waals surface area (Å²) in [5, 5.41) is 11.4. The molecular weight excluding hydrogens is 194 g/mol. The monoisotopic (exact) mass is 209 g/mol. The van der Waals surface area contributed by atoms with E-state index in [1.807, 2.05) is 12.1 Å². The second kappa shape index (κ2) is 4.55. The minimum atomic E-state index is 0.132. The molecule has 0 spiro atoms. The van der Waals surface area contributed by atoms with Gasteiger partial charge in [0.2, 0.25) is 5.88 Å². The van der Waals surface area contributed by atoms with Crippen molar-refractivity contribution in [1.29, 1.82) is 0 Å². The summed E-state index contributed by atoms with van der Waals surface area (Å²) in [6, 6.07) is 4.20. The van der Waals surface area contributed by atoms with E-state index in [2.05, 4.69) is 22.4 Å². The summed E-state index contributed by atoms with van der Waals surface area (Å²) in [5.74, 6) is 0.531. The molecular formula is C10H15N3O2. The molecule has 1 N–H and O–H groups in total. The van der Waals surface area contributed by atoms with Crippen molar-refractivity contribution in [3.63, 3.8) is 0 Å². The number of aromatic nitrogens is 2. The van der Waals surface area contributed by atoms with Crippen LogP contribution in [0.4, 0.5) is 0 Å². The number of hydrogen-bond acceptors (Lipinski definition) is 5. The highest BCUT2D eigenvalue weighted by molar-refractivity contribution is 5.14. The fourth-order valence-corrected chi connectivity index (χ4v) is 1.60. The lowest BCUT2D eigenvalue weighted by Gasteiger charge is -2.28. The van der Waals surface area contributed by atoms with Crippen molar-refractivity contribution in [1.82, 2.24) is 15.5 Å². The van der Waals surface area contributed by atoms with E-state index in [1.54, 1.807) is 7.11 Å². The highest BCUT2D eigenvalue weighted by Crippen LogP contribution is 2.16. The molecule has 0 aromatic carbocycles. The third kappa shape index (κ3) is 2.43. The van der Waals surface area contributed by atoms with Crippen LogP contribution in [-0.4, -0.2) is 36.6 Å². The number of morpholine rings is 1. The molecule has 1 aromatic rings. The Morgan fingerprint density at radius 1 is 1.40 bits per heavy atom. The normalized spacial score (nSPS) is 26.3. The quantitative estimate of drug-likeness (QED) is 0.770. The standard InChI is InChI=1S/C10H15N3O2/c1-7-5-15-6-9(11-7)8-3-4-10(14-2)13-12-8/h3-4,7,9,11H,5-6H2,1-2H3/t7-,9-/m0/s1. The third-order valence-electron chi connectivity index (χ3n) is 2.36. The van der Waals surface area contributed by atoms with Crippen LogP contribution in [0.25, 0.3) is 0 Å². The fourth-order valence-electron chi connectivity index (χ4n) is 1.60. The third-order valence-corrected chi connectivity index (χ3v) is 2.36. The molecule has 2 rings (SSSR count). The van der Waals surface area contributed by atoms with Gasteiger partial charge in [-0.1, -0.05) is 0 Å². The second-order valence-electron chi connectivity index (χ2n) is 3.66. The second-order valence-corrected chi connectivity index (χ2v) is 3.66. The molecule has 1 aliphatic heterocycles. The topological polar surface area (TPSA) is 56.3 Å². The lowest BCUT2D eigenvalue weighted by molar-refractivity contribution is 0.0489. The van der Waals surface area contributed by atoms with E-state index in [0.717, 1.165) is 12.3 Å². The van der Waals surface area contributed by atoms with Crippen molar-refractivity contribution < 1.29 is 9.47 Å². The van der Waals surface area contributed by atoms with E-state index >= 15 is 0 Å². The Balaban J connectivity index is 2.07. The van der Waals surface area contributed by atoms with Gasteiger partial charge < -0.3 is 14.8 Å². The molecule has 2 heterocycles. The van der Waals surface area contributed by atoms with Crippen LogP contribution in [0.3, 0.4) is 0 Å². The molecule has 15 heavy (non-hydrogen) atoms. The summed E-state index contributed by atoms with van der Waals surface area (Å²) in [6.45, 7) is 3.48. The SMILES string of the molecule is COc1ccc([C@@H]2COC[C@H](C)N2)nn1. The van der Waals surface area contributed by atoms with Crippen LogP contribution in [0.1, 0.15) is 18.7 Å². The number of ether oxygens (including phenoxy) is 2. The molecule has 1 aromatic heterocycles. The Hall–Kier alpha value is -1.20. The molecule has 0 radical (unpaired) electrons. The molecule has 0 bridgehead atoms. The van der Waals surface area contributed by atoms with Gasteiger partial charge >= 0.3 is 0 Å². The fraction of sp³-hybridized carbons (Fsp3) is 0.600. The van der Waals surface area contributed by atoms with Crippen molar-refractivity contribution in [2.24, 2.45) is 0 Å². The lowest BCUT2D eigenvalue weighted by atomic mass is 10.1. The van der Waals surface area contributed by atoms with Crippen molar-refractivity contribution in [3.8, 4) is 5.88 Å². The highest BCUT2D eigenvalue weighted by Gasteiger charge is 2.21. The van der Waals surface area contributed by atoms with Gasteiger partial charge in [0.05, 0.1) is 32.1 Å². The van der Waals surface area contributed by atoms with E-state index in [0.29, 0.717) is 18.5 Å². The molecule has 1 saturated heterocycles. The molecule has 82 valence electrons. The first-order chi connectivity index (χ1) is 7.29. The zero-order valence-corrected chi connectivity index (χ0v) is 8.93. The van der Waals surface area contributed by atoms with Crippen LogP contribution in [0.2, 0.25) is 0 Å². The molecule has 5 heteroatoms. The molecule has 0 amide bonds. The first-order valence-corrected chi connectivity index (χ1v) is 5.01. The summed E-state index contributed by atoms with van der Waals surface area (Å²) >= 11 is 0. The van der Waals surface area contributed by atoms with Gasteiger partial charge in [0.15, 0.2) is 0 Å². The summed E-state index contributed by atoms with van der Waals surface area (Å²) in [6.07, 6.45) is 0. The molecule has 0 unspecified atom stereocenters. The van der Waals surface area contributed by atoms with Gasteiger partial charge in [-0.05, 0) is 13.0 Å². The summed E-state index contributed by atoms with van der Waals surface area (Å²) in [5.41, 5.74) is 0.891. The lowest BCUT2D eigenvalue weighted by Crippen LogP contribution is -2.42. The summed E-state index contributed by atoms with van der Waals surface area (Å²) in [4.78, 5) is 0. The number of methoxy groups -OCH3 is 1. The maximum absolute atomic E-state index is 5.44. The zero-order chi connectivity index (χ0) is 10.7. The van der Waals surface area contributed by atoms with Gasteiger partial charge in [0.25, 0.3) is 0 Å². The largest absolute Gasteiger partial charge is 0.480 e. The van der Waals surface area contributed by atoms with Crippen LogP contribution in [0.15, 0.2) is 12.1 Å². The van der Waals surface area contributed by atoms with Crippen molar-refractivity contribution in [2.45, 2.75) is 19.0 Å². The molecule has 0 saturated carbocycles. The molecule has 1 aliphatic rings. The number of nitrogens with zero attached hydrogens (tertiary/aromatic N) is 2. The minimum Gasteiger partial charge on any atom is -0.480 e. The van der Waals surface area contributed by atoms with E-state index in [9.17, 15) is 0 Å². The number of rotatable bonds is 2. The first kappa shape index (κ1) is 10.3. The van der Waals surface area contributed by atoms with E-state index in [4.69, 9.17) is 9.47 Å². The highest BCUT2D eigenvalue weighted by atomic mass is 16.5. The first-order valence-electron chi connectivity index (χ1n) is 5.01. The van der Waals surface area contributed by atoms with Gasteiger partial charge in [-0.15, -0.1) is 5.10 Å². The molecule has 5 nitrogen and oxygen atoms in total. The Morgan fingerprint density at radius 3 is 2.87 bits per heavy atom. The Labute approximate surface area is 88.8 Å². The van der Waals surface area contributed by atoms with Crippen molar-refractivity contribution in [3.05, 3.63) is 17.8 Å². The average molecular weight is 209 g/mol. The van der Waals surface area contributed by atoms with Crippen LogP contribution in [-0.2, 0) is 4.74 Å². The maximum atomic E-state index is 5.44. The zero-order valence-electron chi connectivity index (χ0n) is 8.93. The van der Waals surface area contributed by atoms with Crippen LogP contribution >= 0.6 is 0 Å². The van der Waals surface area contributed by atoms with Crippen molar-refractivity contribution in [2.75, 3.05) is 20.3 Å². The van der Waals surface area contributed by atoms with Gasteiger partial charge in [0.1, 0.15) is 0 Å². The number of nitrogens with one attached hydrogen (secondary N) is 1. The van der Waals surface area contributed by atoms with E-state index in [1.165, 1.54) is 0 Å². The smallest absolute Gasteiger partial charge is 0.233 e. The molecule has 1 fully saturated rings. The van der Waals surface area contributed by atoms with Gasteiger partial charge in [-0.2, -0.15) is 5.10 Å². The maximum Gasteiger partial charge on any atom is 0.233 e. The Bertz CT molecular complexity index is 315. The van der Waals surface area contributed by atoms with E-state index < -0.39 is 0 Å². The van der Waals surface area contributed by atoms with Crippen molar-refractivity contribution >= 4 is 0 Å². The summed E-state index contributed by atoms with van der Waals surface area (Å²) in [7, 11) is 1.58. The predicted octanol–water partition coefficient (Wildman–Crippen LogP) is 0.535. The molecule has 0 aliphatic carbocycles. The predicted molar refractivity (Wildman–Crippen MR) is 54.7 cm³/mol. The average Bonchev–Trinajstić information content (AvgIpc) is 2.29. The van der Waals surface area contributed by atoms with E-state index in [-0.39, 0.29) is 6.04 Å². The van der Waals surface area contributed by atoms with Crippen LogP contribution in [0, 0.1) is 0 Å². The molecule has 2 atom stereocenters. The Kier molecular flexibility index (Phi) is 3.13. The van der Waals surface area contributed by atoms with Gasteiger partial charge in [-0.25, -0.2) is 0 Å². The van der Waals surface area contributed by atoms with Crippen LogP contribution in [0.5, 0.6) is 5.88 Å². The summed E-state index contributed by atoms with van der Waals surface area (Å²) < 4.78 is 10.4. The minimum absolute atomic E-state index is 0.132. The number of hydrogen-bond donors (Lipinski definition) is 1. The Morgan fingerprint density at radius 2 is 2.27 bits per heavy atom. The van der Waals surface area contributed by atoms with Crippen LogP contribution < -0.4 is 10.1 Å². The van der Waals surface area contributed by atoms with Gasteiger partial charge in [0, 0.05) is 12.1 Å². The van der Waals surface area contributed by atoms with Gasteiger partial charge in [-0.3, -0.25) is 0 Å².